The molecule has 0 spiro atoms. The predicted octanol–water partition coefficient (Wildman–Crippen LogP) is 3.36. The summed E-state index contributed by atoms with van der Waals surface area (Å²) in [6, 6.07) is 7.29. The number of carbonyl (C=O) groups excluding carboxylic acids is 2. The summed E-state index contributed by atoms with van der Waals surface area (Å²) in [5.74, 6) is -0.677. The first kappa shape index (κ1) is 15.5. The van der Waals surface area contributed by atoms with Crippen LogP contribution in [0.3, 0.4) is 0 Å². The Bertz CT molecular complexity index is 640. The van der Waals surface area contributed by atoms with Crippen LogP contribution in [0.25, 0.3) is 11.3 Å². The largest absolute Gasteiger partial charge is 0.469 e. The first-order valence-corrected chi connectivity index (χ1v) is 7.42. The number of nitrogens with zero attached hydrogens (tertiary/aromatic N) is 1. The Morgan fingerprint density at radius 2 is 2.00 bits per heavy atom. The van der Waals surface area contributed by atoms with Crippen LogP contribution >= 0.6 is 22.9 Å². The maximum absolute atomic E-state index is 11.7. The van der Waals surface area contributed by atoms with Crippen LogP contribution in [0.1, 0.15) is 12.8 Å². The Kier molecular flexibility index (Phi) is 5.30. The lowest BCUT2D eigenvalue weighted by Crippen LogP contribution is -2.13. The Morgan fingerprint density at radius 3 is 2.67 bits per heavy atom. The van der Waals surface area contributed by atoms with Crippen LogP contribution < -0.4 is 5.32 Å². The number of methoxy groups -OCH3 is 1. The van der Waals surface area contributed by atoms with Crippen LogP contribution in [0.15, 0.2) is 29.6 Å². The van der Waals surface area contributed by atoms with E-state index in [4.69, 9.17) is 11.6 Å². The second kappa shape index (κ2) is 7.19. The van der Waals surface area contributed by atoms with Gasteiger partial charge < -0.3 is 10.1 Å². The summed E-state index contributed by atoms with van der Waals surface area (Å²) in [6.45, 7) is 0. The molecule has 1 amide bonds. The number of halogens is 1. The number of hydrogen-bond acceptors (Lipinski definition) is 5. The van der Waals surface area contributed by atoms with E-state index in [9.17, 15) is 9.59 Å². The lowest BCUT2D eigenvalue weighted by Gasteiger charge is -2.01. The van der Waals surface area contributed by atoms with Crippen molar-refractivity contribution in [3.8, 4) is 11.3 Å². The molecular weight excluding hydrogens is 312 g/mol. The molecule has 0 fully saturated rings. The predicted molar refractivity (Wildman–Crippen MR) is 82.4 cm³/mol. The number of rotatable bonds is 5. The van der Waals surface area contributed by atoms with Gasteiger partial charge in [-0.25, -0.2) is 4.98 Å². The summed E-state index contributed by atoms with van der Waals surface area (Å²) in [5.41, 5.74) is 1.69. The van der Waals surface area contributed by atoms with E-state index >= 15 is 0 Å². The van der Waals surface area contributed by atoms with Gasteiger partial charge in [0, 0.05) is 22.4 Å². The fourth-order valence-corrected chi connectivity index (χ4v) is 2.45. The van der Waals surface area contributed by atoms with Gasteiger partial charge in [0.2, 0.25) is 5.91 Å². The van der Waals surface area contributed by atoms with Gasteiger partial charge >= 0.3 is 5.97 Å². The molecule has 0 radical (unpaired) electrons. The molecule has 2 rings (SSSR count). The minimum absolute atomic E-state index is 0.0533. The normalized spacial score (nSPS) is 10.2. The number of amides is 1. The topological polar surface area (TPSA) is 68.3 Å². The van der Waals surface area contributed by atoms with Gasteiger partial charge in [-0.05, 0) is 12.1 Å². The summed E-state index contributed by atoms with van der Waals surface area (Å²) in [6.07, 6.45) is 0.125. The Labute approximate surface area is 130 Å². The number of esters is 1. The Morgan fingerprint density at radius 1 is 1.29 bits per heavy atom. The first-order valence-electron chi connectivity index (χ1n) is 6.16. The molecule has 0 saturated heterocycles. The average Bonchev–Trinajstić information content (AvgIpc) is 2.94. The van der Waals surface area contributed by atoms with Crippen molar-refractivity contribution in [2.75, 3.05) is 12.4 Å². The molecular formula is C14H13ClN2O3S. The van der Waals surface area contributed by atoms with Crippen molar-refractivity contribution in [2.45, 2.75) is 12.8 Å². The maximum Gasteiger partial charge on any atom is 0.306 e. The zero-order valence-electron chi connectivity index (χ0n) is 11.3. The first-order chi connectivity index (χ1) is 10.1. The van der Waals surface area contributed by atoms with Crippen molar-refractivity contribution in [3.05, 3.63) is 34.7 Å². The highest BCUT2D eigenvalue weighted by Gasteiger charge is 2.10. The number of hydrogen-bond donors (Lipinski definition) is 1. The van der Waals surface area contributed by atoms with E-state index in [1.807, 2.05) is 17.5 Å². The summed E-state index contributed by atoms with van der Waals surface area (Å²) in [5, 5.41) is 5.66. The summed E-state index contributed by atoms with van der Waals surface area (Å²) in [4.78, 5) is 26.9. The number of nitrogens with one attached hydrogen (secondary N) is 1. The molecule has 1 N–H and O–H groups in total. The fourth-order valence-electron chi connectivity index (χ4n) is 1.58. The quantitative estimate of drug-likeness (QED) is 0.856. The third kappa shape index (κ3) is 4.54. The van der Waals surface area contributed by atoms with Gasteiger partial charge in [0.05, 0.1) is 19.2 Å². The monoisotopic (exact) mass is 324 g/mol. The zero-order chi connectivity index (χ0) is 15.2. The number of benzene rings is 1. The summed E-state index contributed by atoms with van der Waals surface area (Å²) < 4.78 is 4.48. The van der Waals surface area contributed by atoms with Gasteiger partial charge in [-0.3, -0.25) is 9.59 Å². The van der Waals surface area contributed by atoms with Crippen molar-refractivity contribution in [1.82, 2.24) is 4.98 Å². The van der Waals surface area contributed by atoms with Crippen LogP contribution in [0.4, 0.5) is 5.13 Å². The van der Waals surface area contributed by atoms with E-state index in [-0.39, 0.29) is 18.7 Å². The van der Waals surface area contributed by atoms with E-state index in [2.05, 4.69) is 15.0 Å². The SMILES string of the molecule is COC(=O)CCC(=O)Nc1nc(-c2ccc(Cl)cc2)cs1. The van der Waals surface area contributed by atoms with Crippen LogP contribution in [-0.2, 0) is 14.3 Å². The highest BCUT2D eigenvalue weighted by molar-refractivity contribution is 7.14. The molecule has 1 aromatic heterocycles. The molecule has 21 heavy (non-hydrogen) atoms. The molecule has 110 valence electrons. The molecule has 7 heteroatoms. The number of thiazole rings is 1. The Balaban J connectivity index is 1.95. The van der Waals surface area contributed by atoms with Crippen LogP contribution in [0.5, 0.6) is 0 Å². The highest BCUT2D eigenvalue weighted by Crippen LogP contribution is 2.26. The van der Waals surface area contributed by atoms with Crippen LogP contribution in [-0.4, -0.2) is 24.0 Å². The molecule has 0 aliphatic rings. The van der Waals surface area contributed by atoms with Gasteiger partial charge in [0.25, 0.3) is 0 Å². The molecule has 2 aromatic rings. The number of aromatic nitrogens is 1. The van der Waals surface area contributed by atoms with Gasteiger partial charge in [0.1, 0.15) is 0 Å². The zero-order valence-corrected chi connectivity index (χ0v) is 12.8. The number of anilines is 1. The van der Waals surface area contributed by atoms with Gasteiger partial charge in [-0.1, -0.05) is 23.7 Å². The third-order valence-corrected chi connectivity index (χ3v) is 3.68. The lowest BCUT2D eigenvalue weighted by atomic mass is 10.2. The minimum atomic E-state index is -0.411. The van der Waals surface area contributed by atoms with Gasteiger partial charge in [-0.15, -0.1) is 11.3 Å². The number of carbonyl (C=O) groups is 2. The lowest BCUT2D eigenvalue weighted by molar-refractivity contribution is -0.141. The van der Waals surface area contributed by atoms with Crippen molar-refractivity contribution < 1.29 is 14.3 Å². The molecule has 0 saturated carbocycles. The van der Waals surface area contributed by atoms with E-state index in [1.165, 1.54) is 18.4 Å². The molecule has 1 aromatic carbocycles. The highest BCUT2D eigenvalue weighted by atomic mass is 35.5. The van der Waals surface area contributed by atoms with Crippen molar-refractivity contribution in [1.29, 1.82) is 0 Å². The van der Waals surface area contributed by atoms with E-state index in [0.29, 0.717) is 10.2 Å². The van der Waals surface area contributed by atoms with E-state index in [0.717, 1.165) is 11.3 Å². The second-order valence-electron chi connectivity index (χ2n) is 4.17. The standard InChI is InChI=1S/C14H13ClN2O3S/c1-20-13(19)7-6-12(18)17-14-16-11(8-21-14)9-2-4-10(15)5-3-9/h2-5,8H,6-7H2,1H3,(H,16,17,18). The molecule has 0 aliphatic heterocycles. The van der Waals surface area contributed by atoms with Crippen LogP contribution in [0.2, 0.25) is 5.02 Å². The molecule has 0 bridgehead atoms. The molecule has 0 atom stereocenters. The minimum Gasteiger partial charge on any atom is -0.469 e. The second-order valence-corrected chi connectivity index (χ2v) is 5.46. The summed E-state index contributed by atoms with van der Waals surface area (Å²) >= 11 is 7.16. The molecule has 5 nitrogen and oxygen atoms in total. The van der Waals surface area contributed by atoms with Crippen LogP contribution in [0, 0.1) is 0 Å². The fraction of sp³-hybridized carbons (Fsp3) is 0.214. The van der Waals surface area contributed by atoms with E-state index < -0.39 is 5.97 Å². The number of ether oxygens (including phenoxy) is 1. The third-order valence-electron chi connectivity index (χ3n) is 2.67. The average molecular weight is 325 g/mol. The van der Waals surface area contributed by atoms with Crippen molar-refractivity contribution >= 4 is 39.9 Å². The molecule has 0 aliphatic carbocycles. The Hall–Kier alpha value is -1.92. The van der Waals surface area contributed by atoms with E-state index in [1.54, 1.807) is 12.1 Å². The summed E-state index contributed by atoms with van der Waals surface area (Å²) in [7, 11) is 1.29. The maximum atomic E-state index is 11.7. The molecule has 0 unspecified atom stereocenters. The van der Waals surface area contributed by atoms with Crippen molar-refractivity contribution in [3.63, 3.8) is 0 Å². The van der Waals surface area contributed by atoms with Gasteiger partial charge in [-0.2, -0.15) is 0 Å². The smallest absolute Gasteiger partial charge is 0.306 e. The molecule has 1 heterocycles. The van der Waals surface area contributed by atoms with Crippen molar-refractivity contribution in [2.24, 2.45) is 0 Å². The van der Waals surface area contributed by atoms with Gasteiger partial charge in [0.15, 0.2) is 5.13 Å².